The molecule has 3 heteroatoms. The summed E-state index contributed by atoms with van der Waals surface area (Å²) in [6, 6.07) is 4.97. The topological polar surface area (TPSA) is 12.0 Å². The SMILES string of the molecule is CCCNC1CCCC(c2cccc(F)c2F)C1. The van der Waals surface area contributed by atoms with E-state index in [0.29, 0.717) is 11.6 Å². The van der Waals surface area contributed by atoms with Crippen molar-refractivity contribution in [2.45, 2.75) is 51.0 Å². The van der Waals surface area contributed by atoms with Crippen LogP contribution in [0.15, 0.2) is 18.2 Å². The van der Waals surface area contributed by atoms with Gasteiger partial charge in [0.2, 0.25) is 0 Å². The van der Waals surface area contributed by atoms with Crippen LogP contribution in [-0.4, -0.2) is 12.6 Å². The zero-order chi connectivity index (χ0) is 13.0. The first-order valence-electron chi connectivity index (χ1n) is 6.89. The summed E-state index contributed by atoms with van der Waals surface area (Å²) in [6.45, 7) is 3.14. The van der Waals surface area contributed by atoms with E-state index in [9.17, 15) is 8.78 Å². The van der Waals surface area contributed by atoms with E-state index in [1.165, 1.54) is 6.07 Å². The lowest BCUT2D eigenvalue weighted by Gasteiger charge is -2.30. The summed E-state index contributed by atoms with van der Waals surface area (Å²) in [5, 5.41) is 3.49. The van der Waals surface area contributed by atoms with Crippen LogP contribution in [-0.2, 0) is 0 Å². The fraction of sp³-hybridized carbons (Fsp3) is 0.600. The Kier molecular flexibility index (Phi) is 4.70. The molecule has 100 valence electrons. The Bertz CT molecular complexity index is 392. The highest BCUT2D eigenvalue weighted by atomic mass is 19.2. The first-order chi connectivity index (χ1) is 8.72. The lowest BCUT2D eigenvalue weighted by atomic mass is 9.81. The molecule has 1 N–H and O–H groups in total. The number of halogens is 2. The summed E-state index contributed by atoms with van der Waals surface area (Å²) in [7, 11) is 0. The highest BCUT2D eigenvalue weighted by Crippen LogP contribution is 2.34. The molecule has 0 amide bonds. The third-order valence-electron chi connectivity index (χ3n) is 3.78. The predicted molar refractivity (Wildman–Crippen MR) is 69.6 cm³/mol. The molecule has 0 radical (unpaired) electrons. The third-order valence-corrected chi connectivity index (χ3v) is 3.78. The van der Waals surface area contributed by atoms with Crippen LogP contribution in [0.25, 0.3) is 0 Å². The largest absolute Gasteiger partial charge is 0.314 e. The molecule has 2 atom stereocenters. The first kappa shape index (κ1) is 13.5. The maximum Gasteiger partial charge on any atom is 0.162 e. The zero-order valence-corrected chi connectivity index (χ0v) is 10.9. The van der Waals surface area contributed by atoms with Crippen molar-refractivity contribution < 1.29 is 8.78 Å². The molecule has 1 aromatic carbocycles. The monoisotopic (exact) mass is 253 g/mol. The van der Waals surface area contributed by atoms with Crippen LogP contribution in [0, 0.1) is 11.6 Å². The van der Waals surface area contributed by atoms with Gasteiger partial charge < -0.3 is 5.32 Å². The maximum atomic E-state index is 13.8. The van der Waals surface area contributed by atoms with Crippen LogP contribution in [0.2, 0.25) is 0 Å². The van der Waals surface area contributed by atoms with E-state index in [2.05, 4.69) is 12.2 Å². The molecule has 0 bridgehead atoms. The van der Waals surface area contributed by atoms with E-state index in [4.69, 9.17) is 0 Å². The zero-order valence-electron chi connectivity index (χ0n) is 10.9. The lowest BCUT2D eigenvalue weighted by molar-refractivity contribution is 0.332. The van der Waals surface area contributed by atoms with Gasteiger partial charge in [-0.15, -0.1) is 0 Å². The molecule has 18 heavy (non-hydrogen) atoms. The van der Waals surface area contributed by atoms with E-state index in [1.807, 2.05) is 0 Å². The van der Waals surface area contributed by atoms with Gasteiger partial charge in [0.15, 0.2) is 11.6 Å². The molecule has 2 unspecified atom stereocenters. The van der Waals surface area contributed by atoms with E-state index < -0.39 is 11.6 Å². The van der Waals surface area contributed by atoms with Crippen molar-refractivity contribution in [3.63, 3.8) is 0 Å². The molecule has 1 saturated carbocycles. The molecular weight excluding hydrogens is 232 g/mol. The predicted octanol–water partition coefficient (Wildman–Crippen LogP) is 3.99. The molecule has 1 aliphatic rings. The molecular formula is C15H21F2N. The fourth-order valence-electron chi connectivity index (χ4n) is 2.84. The average Bonchev–Trinajstić information content (AvgIpc) is 2.40. The Labute approximate surface area is 108 Å². The molecule has 1 aromatic rings. The van der Waals surface area contributed by atoms with Crippen molar-refractivity contribution in [3.8, 4) is 0 Å². The van der Waals surface area contributed by atoms with Crippen molar-refractivity contribution >= 4 is 0 Å². The van der Waals surface area contributed by atoms with Crippen LogP contribution in [0.4, 0.5) is 8.78 Å². The Balaban J connectivity index is 2.06. The van der Waals surface area contributed by atoms with Gasteiger partial charge in [0.1, 0.15) is 0 Å². The quantitative estimate of drug-likeness (QED) is 0.855. The first-order valence-corrected chi connectivity index (χ1v) is 6.89. The maximum absolute atomic E-state index is 13.8. The number of benzene rings is 1. The summed E-state index contributed by atoms with van der Waals surface area (Å²) in [6.07, 6.45) is 5.22. The summed E-state index contributed by atoms with van der Waals surface area (Å²) in [4.78, 5) is 0. The van der Waals surface area contributed by atoms with Gasteiger partial charge in [-0.3, -0.25) is 0 Å². The molecule has 2 rings (SSSR count). The second-order valence-electron chi connectivity index (χ2n) is 5.16. The highest BCUT2D eigenvalue weighted by molar-refractivity contribution is 5.23. The van der Waals surface area contributed by atoms with Crippen LogP contribution in [0.3, 0.4) is 0 Å². The normalized spacial score (nSPS) is 24.2. The van der Waals surface area contributed by atoms with Gasteiger partial charge in [0.25, 0.3) is 0 Å². The average molecular weight is 253 g/mol. The molecule has 1 aliphatic carbocycles. The van der Waals surface area contributed by atoms with E-state index in [-0.39, 0.29) is 5.92 Å². The van der Waals surface area contributed by atoms with Crippen molar-refractivity contribution in [3.05, 3.63) is 35.4 Å². The molecule has 0 spiro atoms. The van der Waals surface area contributed by atoms with Crippen LogP contribution in [0.1, 0.15) is 50.5 Å². The molecule has 1 fully saturated rings. The Morgan fingerprint density at radius 3 is 2.89 bits per heavy atom. The summed E-state index contributed by atoms with van der Waals surface area (Å²) in [5.41, 5.74) is 0.554. The van der Waals surface area contributed by atoms with Gasteiger partial charge >= 0.3 is 0 Å². The van der Waals surface area contributed by atoms with Gasteiger partial charge in [0, 0.05) is 6.04 Å². The number of nitrogens with one attached hydrogen (secondary N) is 1. The Morgan fingerprint density at radius 2 is 2.11 bits per heavy atom. The Hall–Kier alpha value is -0.960. The number of hydrogen-bond acceptors (Lipinski definition) is 1. The number of hydrogen-bond donors (Lipinski definition) is 1. The van der Waals surface area contributed by atoms with Gasteiger partial charge in [-0.2, -0.15) is 0 Å². The fourth-order valence-corrected chi connectivity index (χ4v) is 2.84. The van der Waals surface area contributed by atoms with Crippen LogP contribution >= 0.6 is 0 Å². The smallest absolute Gasteiger partial charge is 0.162 e. The van der Waals surface area contributed by atoms with Crippen molar-refractivity contribution in [1.29, 1.82) is 0 Å². The molecule has 0 saturated heterocycles. The second kappa shape index (κ2) is 6.28. The van der Waals surface area contributed by atoms with E-state index in [1.54, 1.807) is 12.1 Å². The highest BCUT2D eigenvalue weighted by Gasteiger charge is 2.25. The summed E-state index contributed by atoms with van der Waals surface area (Å²) in [5.74, 6) is -1.22. The van der Waals surface area contributed by atoms with Gasteiger partial charge in [0.05, 0.1) is 0 Å². The molecule has 0 aliphatic heterocycles. The van der Waals surface area contributed by atoms with Gasteiger partial charge in [-0.05, 0) is 49.8 Å². The van der Waals surface area contributed by atoms with Crippen molar-refractivity contribution in [2.75, 3.05) is 6.54 Å². The van der Waals surface area contributed by atoms with E-state index in [0.717, 1.165) is 38.6 Å². The van der Waals surface area contributed by atoms with Gasteiger partial charge in [-0.25, -0.2) is 8.78 Å². The van der Waals surface area contributed by atoms with Crippen molar-refractivity contribution in [2.24, 2.45) is 0 Å². The van der Waals surface area contributed by atoms with Crippen LogP contribution < -0.4 is 5.32 Å². The van der Waals surface area contributed by atoms with Gasteiger partial charge in [-0.1, -0.05) is 25.5 Å². The third kappa shape index (κ3) is 3.08. The molecule has 0 heterocycles. The Morgan fingerprint density at radius 1 is 1.28 bits per heavy atom. The minimum atomic E-state index is -0.726. The van der Waals surface area contributed by atoms with Crippen molar-refractivity contribution in [1.82, 2.24) is 5.32 Å². The summed E-state index contributed by atoms with van der Waals surface area (Å²) < 4.78 is 27.0. The minimum absolute atomic E-state index is 0.156. The van der Waals surface area contributed by atoms with Crippen LogP contribution in [0.5, 0.6) is 0 Å². The molecule has 0 aromatic heterocycles. The summed E-state index contributed by atoms with van der Waals surface area (Å²) >= 11 is 0. The lowest BCUT2D eigenvalue weighted by Crippen LogP contribution is -2.34. The van der Waals surface area contributed by atoms with E-state index >= 15 is 0 Å². The number of rotatable bonds is 4. The minimum Gasteiger partial charge on any atom is -0.314 e. The standard InChI is InChI=1S/C15H21F2N/c1-2-9-18-12-6-3-5-11(10-12)13-7-4-8-14(16)15(13)17/h4,7-8,11-12,18H,2-3,5-6,9-10H2,1H3. The second-order valence-corrected chi connectivity index (χ2v) is 5.16. The molecule has 1 nitrogen and oxygen atoms in total.